The number of carbonyl (C=O) groups excluding carboxylic acids is 2. The lowest BCUT2D eigenvalue weighted by Crippen LogP contribution is -2.31. The fourth-order valence-electron chi connectivity index (χ4n) is 3.15. The van der Waals surface area contributed by atoms with Gasteiger partial charge in [-0.1, -0.05) is 0 Å². The first-order valence-corrected chi connectivity index (χ1v) is 12.5. The summed E-state index contributed by atoms with van der Waals surface area (Å²) in [6.07, 6.45) is 2.10. The number of ether oxygens (including phenoxy) is 2. The van der Waals surface area contributed by atoms with Crippen molar-refractivity contribution in [2.45, 2.75) is 37.8 Å². The van der Waals surface area contributed by atoms with Crippen molar-refractivity contribution in [2.24, 2.45) is 0 Å². The standard InChI is InChI=1S/C22H23F2N3O6S2/c1-22(2,3)33-16(28)11-25-10-13-12-27(18(17(13)23)14-6-5-8-26-20(14)24)35(30,31)15-7-9-34-19(15)21(29)32-4/h5-9,12,25H,10-11H2,1-4H3. The van der Waals surface area contributed by atoms with Crippen LogP contribution in [-0.2, 0) is 30.8 Å². The molecule has 3 rings (SSSR count). The molecular formula is C22H23F2N3O6S2. The van der Waals surface area contributed by atoms with Gasteiger partial charge in [0.15, 0.2) is 5.82 Å². The Morgan fingerprint density at radius 3 is 2.57 bits per heavy atom. The Morgan fingerprint density at radius 1 is 1.23 bits per heavy atom. The summed E-state index contributed by atoms with van der Waals surface area (Å²) in [4.78, 5) is 26.8. The Hall–Kier alpha value is -3.16. The minimum absolute atomic E-state index is 0.162. The first-order valence-electron chi connectivity index (χ1n) is 10.2. The van der Waals surface area contributed by atoms with E-state index in [4.69, 9.17) is 4.74 Å². The summed E-state index contributed by atoms with van der Waals surface area (Å²) in [6.45, 7) is 4.53. The predicted molar refractivity (Wildman–Crippen MR) is 123 cm³/mol. The Labute approximate surface area is 204 Å². The number of nitrogens with one attached hydrogen (secondary N) is 1. The average Bonchev–Trinajstić information content (AvgIpc) is 3.39. The van der Waals surface area contributed by atoms with Crippen LogP contribution in [0.5, 0.6) is 0 Å². The summed E-state index contributed by atoms with van der Waals surface area (Å²) in [7, 11) is -3.48. The molecule has 0 aliphatic heterocycles. The Balaban J connectivity index is 2.06. The maximum absolute atomic E-state index is 15.5. The summed E-state index contributed by atoms with van der Waals surface area (Å²) in [6, 6.07) is 3.68. The Morgan fingerprint density at radius 2 is 1.94 bits per heavy atom. The van der Waals surface area contributed by atoms with Gasteiger partial charge in [0.25, 0.3) is 10.0 Å². The van der Waals surface area contributed by atoms with Crippen molar-refractivity contribution in [3.05, 3.63) is 58.2 Å². The molecule has 0 saturated carbocycles. The minimum Gasteiger partial charge on any atom is -0.465 e. The number of pyridine rings is 1. The highest BCUT2D eigenvalue weighted by atomic mass is 32.2. The highest BCUT2D eigenvalue weighted by Gasteiger charge is 2.32. The van der Waals surface area contributed by atoms with E-state index in [0.29, 0.717) is 3.97 Å². The van der Waals surface area contributed by atoms with Gasteiger partial charge >= 0.3 is 11.9 Å². The number of esters is 2. The average molecular weight is 528 g/mol. The lowest BCUT2D eigenvalue weighted by molar-refractivity contribution is -0.153. The van der Waals surface area contributed by atoms with E-state index in [-0.39, 0.29) is 23.5 Å². The zero-order chi connectivity index (χ0) is 26.0. The Bertz CT molecular complexity index is 1360. The van der Waals surface area contributed by atoms with E-state index in [1.54, 1.807) is 20.8 Å². The summed E-state index contributed by atoms with van der Waals surface area (Å²) in [5.74, 6) is -3.61. The quantitative estimate of drug-likeness (QED) is 0.350. The van der Waals surface area contributed by atoms with E-state index in [1.807, 2.05) is 0 Å². The first kappa shape index (κ1) is 26.4. The van der Waals surface area contributed by atoms with Gasteiger partial charge in [-0.25, -0.2) is 26.6 Å². The predicted octanol–water partition coefficient (Wildman–Crippen LogP) is 3.34. The van der Waals surface area contributed by atoms with E-state index in [9.17, 15) is 22.4 Å². The molecule has 0 spiro atoms. The largest absolute Gasteiger partial charge is 0.465 e. The fraction of sp³-hybridized carbons (Fsp3) is 0.318. The second-order valence-corrected chi connectivity index (χ2v) is 11.0. The SMILES string of the molecule is COC(=O)c1sccc1S(=O)(=O)n1cc(CNCC(=O)OC(C)(C)C)c(F)c1-c1cccnc1F. The molecule has 3 aromatic heterocycles. The number of hydrogen-bond acceptors (Lipinski definition) is 9. The lowest BCUT2D eigenvalue weighted by atomic mass is 10.2. The zero-order valence-corrected chi connectivity index (χ0v) is 20.9. The molecular weight excluding hydrogens is 504 g/mol. The summed E-state index contributed by atoms with van der Waals surface area (Å²) in [5.41, 5.74) is -1.89. The van der Waals surface area contributed by atoms with Crippen LogP contribution in [0.1, 0.15) is 36.0 Å². The molecule has 0 amide bonds. The molecule has 0 saturated heterocycles. The highest BCUT2D eigenvalue weighted by Crippen LogP contribution is 2.34. The second kappa shape index (κ2) is 10.2. The normalized spacial score (nSPS) is 11.9. The molecule has 0 radical (unpaired) electrons. The van der Waals surface area contributed by atoms with Gasteiger partial charge in [0.05, 0.1) is 19.2 Å². The van der Waals surface area contributed by atoms with Crippen LogP contribution in [0.15, 0.2) is 40.9 Å². The second-order valence-electron chi connectivity index (χ2n) is 8.26. The van der Waals surface area contributed by atoms with Crippen LogP contribution >= 0.6 is 11.3 Å². The van der Waals surface area contributed by atoms with E-state index in [2.05, 4.69) is 15.0 Å². The lowest BCUT2D eigenvalue weighted by Gasteiger charge is -2.19. The summed E-state index contributed by atoms with van der Waals surface area (Å²) in [5, 5.41) is 4.06. The number of halogens is 2. The van der Waals surface area contributed by atoms with Crippen molar-refractivity contribution in [1.82, 2.24) is 14.3 Å². The third-order valence-corrected chi connectivity index (χ3v) is 7.26. The highest BCUT2D eigenvalue weighted by molar-refractivity contribution is 7.90. The monoisotopic (exact) mass is 527 g/mol. The number of hydrogen-bond donors (Lipinski definition) is 1. The van der Waals surface area contributed by atoms with Crippen LogP contribution < -0.4 is 5.32 Å². The van der Waals surface area contributed by atoms with E-state index >= 15 is 4.39 Å². The molecule has 0 unspecified atom stereocenters. The molecule has 3 heterocycles. The zero-order valence-electron chi connectivity index (χ0n) is 19.3. The number of nitrogens with zero attached hydrogens (tertiary/aromatic N) is 2. The van der Waals surface area contributed by atoms with Crippen molar-refractivity contribution in [3.63, 3.8) is 0 Å². The molecule has 0 bridgehead atoms. The van der Waals surface area contributed by atoms with E-state index in [0.717, 1.165) is 30.8 Å². The Kier molecular flexibility index (Phi) is 7.72. The summed E-state index contributed by atoms with van der Waals surface area (Å²) < 4.78 is 67.4. The van der Waals surface area contributed by atoms with Gasteiger partial charge < -0.3 is 14.8 Å². The van der Waals surface area contributed by atoms with Crippen LogP contribution in [0, 0.1) is 11.8 Å². The molecule has 0 aromatic carbocycles. The molecule has 0 aliphatic carbocycles. The third-order valence-electron chi connectivity index (χ3n) is 4.54. The minimum atomic E-state index is -4.57. The van der Waals surface area contributed by atoms with Gasteiger partial charge in [0, 0.05) is 24.5 Å². The molecule has 3 aromatic rings. The maximum atomic E-state index is 15.5. The molecule has 188 valence electrons. The van der Waals surface area contributed by atoms with E-state index in [1.165, 1.54) is 23.6 Å². The van der Waals surface area contributed by atoms with Gasteiger partial charge in [0.2, 0.25) is 5.95 Å². The van der Waals surface area contributed by atoms with Crippen molar-refractivity contribution >= 4 is 33.3 Å². The molecule has 0 aliphatic rings. The van der Waals surface area contributed by atoms with Gasteiger partial charge in [-0.3, -0.25) is 4.79 Å². The smallest absolute Gasteiger partial charge is 0.349 e. The molecule has 0 fully saturated rings. The van der Waals surface area contributed by atoms with Crippen LogP contribution in [-0.4, -0.2) is 48.6 Å². The maximum Gasteiger partial charge on any atom is 0.349 e. The molecule has 1 N–H and O–H groups in total. The van der Waals surface area contributed by atoms with Crippen molar-refractivity contribution < 1.29 is 36.3 Å². The van der Waals surface area contributed by atoms with Gasteiger partial charge in [-0.15, -0.1) is 11.3 Å². The summed E-state index contributed by atoms with van der Waals surface area (Å²) >= 11 is 0.830. The molecule has 0 atom stereocenters. The first-order chi connectivity index (χ1) is 16.4. The van der Waals surface area contributed by atoms with Crippen LogP contribution in [0.3, 0.4) is 0 Å². The van der Waals surface area contributed by atoms with Crippen LogP contribution in [0.2, 0.25) is 0 Å². The van der Waals surface area contributed by atoms with Gasteiger partial charge in [0.1, 0.15) is 21.1 Å². The van der Waals surface area contributed by atoms with Crippen molar-refractivity contribution in [2.75, 3.05) is 13.7 Å². The van der Waals surface area contributed by atoms with Gasteiger partial charge in [-0.2, -0.15) is 4.39 Å². The molecule has 35 heavy (non-hydrogen) atoms. The van der Waals surface area contributed by atoms with Crippen molar-refractivity contribution in [3.8, 4) is 11.3 Å². The number of aromatic nitrogens is 2. The third kappa shape index (κ3) is 5.74. The van der Waals surface area contributed by atoms with Crippen LogP contribution in [0.25, 0.3) is 11.3 Å². The molecule has 9 nitrogen and oxygen atoms in total. The topological polar surface area (TPSA) is 117 Å². The van der Waals surface area contributed by atoms with E-state index < -0.39 is 55.5 Å². The number of methoxy groups -OCH3 is 1. The number of carbonyl (C=O) groups is 2. The van der Waals surface area contributed by atoms with Crippen LogP contribution in [0.4, 0.5) is 8.78 Å². The molecule has 13 heteroatoms. The number of thiophene rings is 1. The number of rotatable bonds is 8. The van der Waals surface area contributed by atoms with Crippen molar-refractivity contribution in [1.29, 1.82) is 0 Å². The van der Waals surface area contributed by atoms with Gasteiger partial charge in [-0.05, 0) is 44.4 Å². The fourth-order valence-corrected chi connectivity index (χ4v) is 5.85.